The molecule has 0 amide bonds. The molecule has 0 bridgehead atoms. The highest BCUT2D eigenvalue weighted by atomic mass is 35.5. The number of hydrogen-bond donors (Lipinski definition) is 0. The van der Waals surface area contributed by atoms with E-state index >= 15 is 0 Å². The lowest BCUT2D eigenvalue weighted by molar-refractivity contribution is -0.137. The van der Waals surface area contributed by atoms with Gasteiger partial charge in [-0.25, -0.2) is 0 Å². The first kappa shape index (κ1) is 16.3. The van der Waals surface area contributed by atoms with Crippen LogP contribution in [0.5, 0.6) is 5.75 Å². The van der Waals surface area contributed by atoms with E-state index in [1.165, 1.54) is 12.1 Å². The Morgan fingerprint density at radius 1 is 1.00 bits per heavy atom. The Bertz CT molecular complexity index is 832. The predicted molar refractivity (Wildman–Crippen MR) is 80.5 cm³/mol. The van der Waals surface area contributed by atoms with Crippen LogP contribution in [-0.2, 0) is 12.8 Å². The third-order valence-corrected chi connectivity index (χ3v) is 3.43. The molecular formula is C16H10ClF3N2O2. The van der Waals surface area contributed by atoms with Crippen molar-refractivity contribution in [3.8, 4) is 17.2 Å². The molecule has 124 valence electrons. The van der Waals surface area contributed by atoms with Gasteiger partial charge in [0, 0.05) is 5.56 Å². The van der Waals surface area contributed by atoms with E-state index in [1.54, 1.807) is 24.3 Å². The van der Waals surface area contributed by atoms with Gasteiger partial charge in [-0.05, 0) is 36.4 Å². The summed E-state index contributed by atoms with van der Waals surface area (Å²) in [6.45, 7) is -0.00261. The van der Waals surface area contributed by atoms with Crippen molar-refractivity contribution >= 4 is 11.6 Å². The van der Waals surface area contributed by atoms with Crippen LogP contribution < -0.4 is 4.74 Å². The molecule has 3 aromatic rings. The maximum atomic E-state index is 12.5. The second kappa shape index (κ2) is 6.52. The first-order valence-electron chi connectivity index (χ1n) is 6.81. The number of alkyl halides is 3. The number of hydrogen-bond acceptors (Lipinski definition) is 4. The molecule has 0 spiro atoms. The summed E-state index contributed by atoms with van der Waals surface area (Å²) in [7, 11) is 0. The van der Waals surface area contributed by atoms with Gasteiger partial charge < -0.3 is 9.15 Å². The van der Waals surface area contributed by atoms with E-state index in [-0.39, 0.29) is 18.4 Å². The van der Waals surface area contributed by atoms with Crippen LogP contribution in [0.4, 0.5) is 13.2 Å². The molecule has 1 aromatic heterocycles. The smallest absolute Gasteiger partial charge is 0.416 e. The lowest BCUT2D eigenvalue weighted by Crippen LogP contribution is -2.03. The van der Waals surface area contributed by atoms with E-state index in [0.29, 0.717) is 16.3 Å². The van der Waals surface area contributed by atoms with Gasteiger partial charge in [0.2, 0.25) is 5.89 Å². The first-order valence-corrected chi connectivity index (χ1v) is 7.18. The highest BCUT2D eigenvalue weighted by Crippen LogP contribution is 2.31. The Balaban J connectivity index is 1.70. The second-order valence-corrected chi connectivity index (χ2v) is 5.20. The summed E-state index contributed by atoms with van der Waals surface area (Å²) in [5.41, 5.74) is -0.354. The highest BCUT2D eigenvalue weighted by molar-refractivity contribution is 6.32. The fourth-order valence-corrected chi connectivity index (χ4v) is 2.12. The average Bonchev–Trinajstić information content (AvgIpc) is 3.02. The largest absolute Gasteiger partial charge is 0.482 e. The molecule has 1 heterocycles. The van der Waals surface area contributed by atoms with Gasteiger partial charge in [0.1, 0.15) is 5.75 Å². The van der Waals surface area contributed by atoms with Crippen molar-refractivity contribution < 1.29 is 22.3 Å². The number of halogens is 4. The summed E-state index contributed by atoms with van der Waals surface area (Å²) in [5.74, 6) is 0.764. The Morgan fingerprint density at radius 3 is 2.38 bits per heavy atom. The van der Waals surface area contributed by atoms with E-state index in [0.717, 1.165) is 12.1 Å². The second-order valence-electron chi connectivity index (χ2n) is 4.80. The van der Waals surface area contributed by atoms with Crippen LogP contribution in [0.1, 0.15) is 11.5 Å². The zero-order chi connectivity index (χ0) is 17.2. The van der Waals surface area contributed by atoms with Gasteiger partial charge in [0.05, 0.1) is 10.6 Å². The van der Waals surface area contributed by atoms with Crippen LogP contribution in [0.25, 0.3) is 11.5 Å². The van der Waals surface area contributed by atoms with E-state index in [4.69, 9.17) is 20.8 Å². The molecule has 4 nitrogen and oxygen atoms in total. The van der Waals surface area contributed by atoms with Gasteiger partial charge in [-0.1, -0.05) is 23.7 Å². The van der Waals surface area contributed by atoms with Crippen molar-refractivity contribution in [2.24, 2.45) is 0 Å². The Kier molecular flexibility index (Phi) is 4.44. The minimum atomic E-state index is -4.39. The standard InChI is InChI=1S/C16H10ClF3N2O2/c17-12-3-1-2-4-13(12)23-9-14-21-22-15(24-14)10-5-7-11(8-6-10)16(18,19)20/h1-8H,9H2. The SMILES string of the molecule is FC(F)(F)c1ccc(-c2nnc(COc3ccccc3Cl)o2)cc1. The number of nitrogens with zero attached hydrogens (tertiary/aromatic N) is 2. The third-order valence-electron chi connectivity index (χ3n) is 3.11. The van der Waals surface area contributed by atoms with E-state index in [9.17, 15) is 13.2 Å². The van der Waals surface area contributed by atoms with E-state index < -0.39 is 11.7 Å². The fraction of sp³-hybridized carbons (Fsp3) is 0.125. The maximum Gasteiger partial charge on any atom is 0.416 e. The summed E-state index contributed by atoms with van der Waals surface area (Å²) in [6, 6.07) is 11.4. The predicted octanol–water partition coefficient (Wildman–Crippen LogP) is 4.99. The van der Waals surface area contributed by atoms with Crippen LogP contribution in [0.15, 0.2) is 52.9 Å². The van der Waals surface area contributed by atoms with Gasteiger partial charge >= 0.3 is 6.18 Å². The van der Waals surface area contributed by atoms with Gasteiger partial charge in [-0.3, -0.25) is 0 Å². The average molecular weight is 355 g/mol. The van der Waals surface area contributed by atoms with Crippen molar-refractivity contribution in [2.45, 2.75) is 12.8 Å². The summed E-state index contributed by atoms with van der Waals surface area (Å²) < 4.78 is 48.5. The molecule has 0 unspecified atom stereocenters. The molecule has 0 aliphatic rings. The van der Waals surface area contributed by atoms with E-state index in [1.807, 2.05) is 0 Å². The summed E-state index contributed by atoms with van der Waals surface area (Å²) in [4.78, 5) is 0. The van der Waals surface area contributed by atoms with Crippen molar-refractivity contribution in [1.82, 2.24) is 10.2 Å². The van der Waals surface area contributed by atoms with Crippen LogP contribution in [0, 0.1) is 0 Å². The molecule has 0 aliphatic heterocycles. The van der Waals surface area contributed by atoms with Crippen LogP contribution in [-0.4, -0.2) is 10.2 Å². The molecule has 0 saturated carbocycles. The van der Waals surface area contributed by atoms with Crippen molar-refractivity contribution in [1.29, 1.82) is 0 Å². The molecule has 24 heavy (non-hydrogen) atoms. The highest BCUT2D eigenvalue weighted by Gasteiger charge is 2.30. The molecule has 0 radical (unpaired) electrons. The third kappa shape index (κ3) is 3.68. The first-order chi connectivity index (χ1) is 11.4. The Morgan fingerprint density at radius 2 is 1.71 bits per heavy atom. The van der Waals surface area contributed by atoms with Crippen LogP contribution in [0.3, 0.4) is 0 Å². The zero-order valence-electron chi connectivity index (χ0n) is 12.0. The number of rotatable bonds is 4. The van der Waals surface area contributed by atoms with Crippen molar-refractivity contribution in [3.63, 3.8) is 0 Å². The lowest BCUT2D eigenvalue weighted by Gasteiger charge is -2.06. The summed E-state index contributed by atoms with van der Waals surface area (Å²) in [6.07, 6.45) is -4.39. The van der Waals surface area contributed by atoms with Crippen LogP contribution >= 0.6 is 11.6 Å². The monoisotopic (exact) mass is 354 g/mol. The molecule has 0 atom stereocenters. The number of benzene rings is 2. The number of ether oxygens (including phenoxy) is 1. The minimum Gasteiger partial charge on any atom is -0.482 e. The molecule has 8 heteroatoms. The number of para-hydroxylation sites is 1. The topological polar surface area (TPSA) is 48.2 Å². The summed E-state index contributed by atoms with van der Waals surface area (Å²) in [5, 5.41) is 8.05. The van der Waals surface area contributed by atoms with E-state index in [2.05, 4.69) is 10.2 Å². The number of aromatic nitrogens is 2. The van der Waals surface area contributed by atoms with Crippen molar-refractivity contribution in [2.75, 3.05) is 0 Å². The quantitative estimate of drug-likeness (QED) is 0.662. The van der Waals surface area contributed by atoms with Gasteiger partial charge in [-0.2, -0.15) is 13.2 Å². The molecule has 3 rings (SSSR count). The maximum absolute atomic E-state index is 12.5. The van der Waals surface area contributed by atoms with Crippen LogP contribution in [0.2, 0.25) is 5.02 Å². The minimum absolute atomic E-state index is 0.00261. The van der Waals surface area contributed by atoms with Crippen molar-refractivity contribution in [3.05, 3.63) is 65.0 Å². The molecule has 0 N–H and O–H groups in total. The molecule has 0 saturated heterocycles. The normalized spacial score (nSPS) is 11.5. The molecular weight excluding hydrogens is 345 g/mol. The Labute approximate surface area is 139 Å². The molecule has 2 aromatic carbocycles. The lowest BCUT2D eigenvalue weighted by atomic mass is 10.1. The summed E-state index contributed by atoms with van der Waals surface area (Å²) >= 11 is 5.96. The zero-order valence-corrected chi connectivity index (χ0v) is 12.8. The van der Waals surface area contributed by atoms with Gasteiger partial charge in [0.15, 0.2) is 6.61 Å². The molecule has 0 aliphatic carbocycles. The van der Waals surface area contributed by atoms with Gasteiger partial charge in [-0.15, -0.1) is 10.2 Å². The fourth-order valence-electron chi connectivity index (χ4n) is 1.93. The van der Waals surface area contributed by atoms with Gasteiger partial charge in [0.25, 0.3) is 5.89 Å². The Hall–Kier alpha value is -2.54. The molecule has 0 fully saturated rings.